The van der Waals surface area contributed by atoms with Crippen LogP contribution in [0.25, 0.3) is 11.5 Å². The van der Waals surface area contributed by atoms with Crippen LogP contribution in [0.2, 0.25) is 0 Å². The lowest BCUT2D eigenvalue weighted by Crippen LogP contribution is -2.16. The van der Waals surface area contributed by atoms with Gasteiger partial charge in [-0.25, -0.2) is 13.4 Å². The van der Waals surface area contributed by atoms with Crippen LogP contribution in [0.1, 0.15) is 13.3 Å². The molecule has 0 atom stereocenters. The van der Waals surface area contributed by atoms with Crippen molar-refractivity contribution in [2.45, 2.75) is 29.8 Å². The Bertz CT molecular complexity index is 1420. The number of aryl methyl sites for hydroxylation is 1. The lowest BCUT2D eigenvalue weighted by Gasteiger charge is -2.18. The number of oxazole rings is 1. The number of aromatic nitrogens is 3. The lowest BCUT2D eigenvalue weighted by molar-refractivity contribution is 0.171. The fourth-order valence-corrected chi connectivity index (χ4v) is 5.06. The summed E-state index contributed by atoms with van der Waals surface area (Å²) in [4.78, 5) is 8.47. The van der Waals surface area contributed by atoms with Crippen molar-refractivity contribution in [1.82, 2.24) is 14.5 Å². The molecular weight excluding hydrogens is 484 g/mol. The standard InChI is InChI=1S/C25H26N4O6S/c1-2-32-19-6-4-18(5-7-19)23-28-25(24(35-23)27-10-3-12-29-13-11-26-17-29)36(30,31)20-8-9-21-22(16-20)34-15-14-33-21/h4-9,11,13,16-17,27H,2-3,10,12,14-15H2,1H3. The van der Waals surface area contributed by atoms with E-state index in [0.29, 0.717) is 49.2 Å². The number of fused-ring (bicyclic) bond motifs is 1. The van der Waals surface area contributed by atoms with Gasteiger partial charge in [0.25, 0.3) is 0 Å². The van der Waals surface area contributed by atoms with Crippen LogP contribution in [0.5, 0.6) is 17.2 Å². The van der Waals surface area contributed by atoms with Crippen molar-refractivity contribution < 1.29 is 27.0 Å². The lowest BCUT2D eigenvalue weighted by atomic mass is 10.2. The molecule has 188 valence electrons. The number of hydrogen-bond acceptors (Lipinski definition) is 9. The molecule has 36 heavy (non-hydrogen) atoms. The van der Waals surface area contributed by atoms with Crippen LogP contribution in [0.3, 0.4) is 0 Å². The van der Waals surface area contributed by atoms with Crippen LogP contribution < -0.4 is 19.5 Å². The third-order valence-corrected chi connectivity index (χ3v) is 7.18. The van der Waals surface area contributed by atoms with Gasteiger partial charge in [-0.05, 0) is 49.7 Å². The second-order valence-electron chi connectivity index (χ2n) is 8.00. The molecule has 0 bridgehead atoms. The zero-order valence-corrected chi connectivity index (χ0v) is 20.5. The number of sulfone groups is 1. The van der Waals surface area contributed by atoms with E-state index in [1.54, 1.807) is 42.9 Å². The number of ether oxygens (including phenoxy) is 3. The molecule has 0 saturated heterocycles. The average molecular weight is 511 g/mol. The summed E-state index contributed by atoms with van der Waals surface area (Å²) in [6, 6.07) is 11.7. The summed E-state index contributed by atoms with van der Waals surface area (Å²) < 4.78 is 51.8. The van der Waals surface area contributed by atoms with Crippen molar-refractivity contribution in [3.63, 3.8) is 0 Å². The number of imidazole rings is 1. The molecule has 0 unspecified atom stereocenters. The summed E-state index contributed by atoms with van der Waals surface area (Å²) in [5, 5.41) is 2.92. The fourth-order valence-electron chi connectivity index (χ4n) is 3.77. The molecule has 4 aromatic rings. The zero-order valence-electron chi connectivity index (χ0n) is 19.7. The van der Waals surface area contributed by atoms with Crippen molar-refractivity contribution in [3.8, 4) is 28.7 Å². The van der Waals surface area contributed by atoms with Crippen molar-refractivity contribution in [1.29, 1.82) is 0 Å². The van der Waals surface area contributed by atoms with Crippen LogP contribution in [-0.2, 0) is 16.4 Å². The molecule has 0 radical (unpaired) electrons. The Labute approximate surface area is 208 Å². The number of rotatable bonds is 10. The normalized spacial score (nSPS) is 12.9. The molecule has 2 aromatic carbocycles. The van der Waals surface area contributed by atoms with Crippen LogP contribution in [0.15, 0.2) is 75.5 Å². The van der Waals surface area contributed by atoms with Gasteiger partial charge in [0.15, 0.2) is 11.5 Å². The second-order valence-corrected chi connectivity index (χ2v) is 9.87. The third kappa shape index (κ3) is 5.01. The Morgan fingerprint density at radius 2 is 1.89 bits per heavy atom. The smallest absolute Gasteiger partial charge is 0.233 e. The monoisotopic (exact) mass is 510 g/mol. The van der Waals surface area contributed by atoms with Crippen molar-refractivity contribution in [3.05, 3.63) is 61.2 Å². The first kappa shape index (κ1) is 23.7. The second kappa shape index (κ2) is 10.3. The fraction of sp³-hybridized carbons (Fsp3) is 0.280. The van der Waals surface area contributed by atoms with Gasteiger partial charge in [-0.3, -0.25) is 0 Å². The molecule has 0 fully saturated rings. The van der Waals surface area contributed by atoms with E-state index in [2.05, 4.69) is 15.3 Å². The minimum atomic E-state index is -4.03. The van der Waals surface area contributed by atoms with Gasteiger partial charge >= 0.3 is 0 Å². The summed E-state index contributed by atoms with van der Waals surface area (Å²) in [5.74, 6) is 1.86. The number of nitrogens with zero attached hydrogens (tertiary/aromatic N) is 3. The van der Waals surface area contributed by atoms with Crippen LogP contribution in [0.4, 0.5) is 5.88 Å². The number of anilines is 1. The Morgan fingerprint density at radius 3 is 2.64 bits per heavy atom. The molecule has 3 heterocycles. The van der Waals surface area contributed by atoms with Gasteiger partial charge in [0.05, 0.1) is 17.8 Å². The largest absolute Gasteiger partial charge is 0.494 e. The maximum atomic E-state index is 13.7. The molecule has 0 amide bonds. The summed E-state index contributed by atoms with van der Waals surface area (Å²) in [7, 11) is -4.03. The number of nitrogens with one attached hydrogen (secondary N) is 1. The topological polar surface area (TPSA) is 118 Å². The van der Waals surface area contributed by atoms with E-state index in [1.165, 1.54) is 12.1 Å². The Hall–Kier alpha value is -3.99. The number of hydrogen-bond donors (Lipinski definition) is 1. The quantitative estimate of drug-likeness (QED) is 0.315. The van der Waals surface area contributed by atoms with Gasteiger partial charge in [0.2, 0.25) is 26.6 Å². The highest BCUT2D eigenvalue weighted by atomic mass is 32.2. The van der Waals surface area contributed by atoms with Crippen LogP contribution in [-0.4, -0.2) is 49.3 Å². The molecule has 5 rings (SSSR count). The number of benzene rings is 2. The summed E-state index contributed by atoms with van der Waals surface area (Å²) in [6.07, 6.45) is 6.04. The average Bonchev–Trinajstić information content (AvgIpc) is 3.58. The van der Waals surface area contributed by atoms with Gasteiger partial charge in [-0.15, -0.1) is 0 Å². The summed E-state index contributed by atoms with van der Waals surface area (Å²) in [5.41, 5.74) is 0.628. The molecule has 1 aliphatic rings. The molecule has 0 aliphatic carbocycles. The Morgan fingerprint density at radius 1 is 1.08 bits per heavy atom. The van der Waals surface area contributed by atoms with Crippen molar-refractivity contribution >= 4 is 15.7 Å². The predicted octanol–water partition coefficient (Wildman–Crippen LogP) is 4.04. The van der Waals surface area contributed by atoms with Gasteiger partial charge in [-0.2, -0.15) is 4.98 Å². The van der Waals surface area contributed by atoms with Crippen molar-refractivity contribution in [2.75, 3.05) is 31.7 Å². The van der Waals surface area contributed by atoms with Gasteiger partial charge in [0, 0.05) is 37.1 Å². The van der Waals surface area contributed by atoms with E-state index in [4.69, 9.17) is 18.6 Å². The highest BCUT2D eigenvalue weighted by molar-refractivity contribution is 7.91. The van der Waals surface area contributed by atoms with Gasteiger partial charge in [0.1, 0.15) is 19.0 Å². The first-order valence-corrected chi connectivity index (χ1v) is 13.1. The van der Waals surface area contributed by atoms with E-state index in [1.807, 2.05) is 17.7 Å². The van der Waals surface area contributed by atoms with Crippen LogP contribution >= 0.6 is 0 Å². The zero-order chi connectivity index (χ0) is 25.0. The van der Waals surface area contributed by atoms with Gasteiger partial charge in [-0.1, -0.05) is 0 Å². The minimum absolute atomic E-state index is 0.0414. The minimum Gasteiger partial charge on any atom is -0.494 e. The molecule has 0 spiro atoms. The van der Waals surface area contributed by atoms with Crippen molar-refractivity contribution in [2.24, 2.45) is 0 Å². The summed E-state index contributed by atoms with van der Waals surface area (Å²) >= 11 is 0. The van der Waals surface area contributed by atoms with E-state index in [0.717, 1.165) is 13.0 Å². The Balaban J connectivity index is 1.45. The SMILES string of the molecule is CCOc1ccc(-c2nc(S(=O)(=O)c3ccc4c(c3)OCCO4)c(NCCCn3ccnc3)o2)cc1. The van der Waals surface area contributed by atoms with Gasteiger partial charge < -0.3 is 28.5 Å². The van der Waals surface area contributed by atoms with Crippen LogP contribution in [0, 0.1) is 0 Å². The maximum absolute atomic E-state index is 13.7. The predicted molar refractivity (Wildman–Crippen MR) is 131 cm³/mol. The van der Waals surface area contributed by atoms with E-state index < -0.39 is 9.84 Å². The van der Waals surface area contributed by atoms with E-state index >= 15 is 0 Å². The molecule has 1 N–H and O–H groups in total. The molecular formula is C25H26N4O6S. The first-order chi connectivity index (χ1) is 17.5. The maximum Gasteiger partial charge on any atom is 0.233 e. The summed E-state index contributed by atoms with van der Waals surface area (Å²) in [6.45, 7) is 4.41. The molecule has 10 nitrogen and oxygen atoms in total. The molecule has 2 aromatic heterocycles. The Kier molecular flexibility index (Phi) is 6.81. The highest BCUT2D eigenvalue weighted by Crippen LogP contribution is 2.37. The highest BCUT2D eigenvalue weighted by Gasteiger charge is 2.30. The first-order valence-electron chi connectivity index (χ1n) is 11.6. The van der Waals surface area contributed by atoms with E-state index in [9.17, 15) is 8.42 Å². The third-order valence-electron chi connectivity index (χ3n) is 5.52. The molecule has 11 heteroatoms. The molecule has 0 saturated carbocycles. The van der Waals surface area contributed by atoms with E-state index in [-0.39, 0.29) is 21.7 Å². The molecule has 1 aliphatic heterocycles.